The molecule has 0 aliphatic heterocycles. The maximum atomic E-state index is 10.4. The second kappa shape index (κ2) is 4.56. The Morgan fingerprint density at radius 1 is 1.31 bits per heavy atom. The number of ether oxygens (including phenoxy) is 2. The fourth-order valence-corrected chi connectivity index (χ4v) is 2.12. The molecule has 3 nitrogen and oxygen atoms in total. The standard InChI is InChI=1S/C13H16O3/c1-15-12-4-3-9(8-13(12)16-2)11-7-10(11)5-6-14/h3-4,6,8,10-11H,5,7H2,1-2H3. The Balaban J connectivity index is 2.15. The van der Waals surface area contributed by atoms with Crippen molar-refractivity contribution < 1.29 is 14.3 Å². The van der Waals surface area contributed by atoms with Crippen LogP contribution in [0.5, 0.6) is 11.5 Å². The average Bonchev–Trinajstić information content (AvgIpc) is 3.08. The van der Waals surface area contributed by atoms with E-state index in [-0.39, 0.29) is 0 Å². The Kier molecular flexibility index (Phi) is 3.13. The van der Waals surface area contributed by atoms with Gasteiger partial charge in [-0.05, 0) is 36.0 Å². The SMILES string of the molecule is COc1ccc(C2CC2CC=O)cc1OC. The normalized spacial score (nSPS) is 22.6. The van der Waals surface area contributed by atoms with Gasteiger partial charge in [-0.3, -0.25) is 0 Å². The molecule has 1 aliphatic rings. The van der Waals surface area contributed by atoms with E-state index in [0.717, 1.165) is 24.2 Å². The monoisotopic (exact) mass is 220 g/mol. The molecule has 0 aromatic heterocycles. The van der Waals surface area contributed by atoms with Crippen molar-refractivity contribution in [1.29, 1.82) is 0 Å². The van der Waals surface area contributed by atoms with E-state index in [1.807, 2.05) is 12.1 Å². The summed E-state index contributed by atoms with van der Waals surface area (Å²) in [6, 6.07) is 5.98. The van der Waals surface area contributed by atoms with Gasteiger partial charge < -0.3 is 14.3 Å². The van der Waals surface area contributed by atoms with E-state index in [9.17, 15) is 4.79 Å². The molecule has 16 heavy (non-hydrogen) atoms. The van der Waals surface area contributed by atoms with Crippen molar-refractivity contribution in [3.05, 3.63) is 23.8 Å². The zero-order valence-corrected chi connectivity index (χ0v) is 9.60. The molecule has 86 valence electrons. The van der Waals surface area contributed by atoms with Gasteiger partial charge in [-0.2, -0.15) is 0 Å². The molecule has 0 saturated heterocycles. The van der Waals surface area contributed by atoms with Crippen LogP contribution in [-0.4, -0.2) is 20.5 Å². The van der Waals surface area contributed by atoms with Crippen LogP contribution in [0.25, 0.3) is 0 Å². The lowest BCUT2D eigenvalue weighted by Gasteiger charge is -2.09. The molecule has 0 spiro atoms. The molecule has 3 heteroatoms. The Labute approximate surface area is 95.4 Å². The minimum absolute atomic E-state index is 0.519. The molecule has 0 N–H and O–H groups in total. The van der Waals surface area contributed by atoms with E-state index in [0.29, 0.717) is 18.3 Å². The number of benzene rings is 1. The van der Waals surface area contributed by atoms with E-state index in [1.54, 1.807) is 14.2 Å². The Morgan fingerprint density at radius 3 is 2.69 bits per heavy atom. The first-order chi connectivity index (χ1) is 7.80. The van der Waals surface area contributed by atoms with Crippen molar-refractivity contribution in [3.8, 4) is 11.5 Å². The lowest BCUT2D eigenvalue weighted by atomic mass is 10.1. The fourth-order valence-electron chi connectivity index (χ4n) is 2.12. The first kappa shape index (κ1) is 11.0. The Bertz CT molecular complexity index is 387. The Hall–Kier alpha value is -1.51. The summed E-state index contributed by atoms with van der Waals surface area (Å²) in [5.41, 5.74) is 1.24. The van der Waals surface area contributed by atoms with Gasteiger partial charge in [0.05, 0.1) is 14.2 Å². The molecule has 1 saturated carbocycles. The van der Waals surface area contributed by atoms with Crippen molar-refractivity contribution in [2.45, 2.75) is 18.8 Å². The molecule has 0 heterocycles. The van der Waals surface area contributed by atoms with Crippen LogP contribution in [0.4, 0.5) is 0 Å². The van der Waals surface area contributed by atoms with Crippen LogP contribution in [0.1, 0.15) is 24.3 Å². The highest BCUT2D eigenvalue weighted by Crippen LogP contribution is 2.50. The zero-order chi connectivity index (χ0) is 11.5. The third-order valence-corrected chi connectivity index (χ3v) is 3.16. The van der Waals surface area contributed by atoms with Crippen LogP contribution in [0, 0.1) is 5.92 Å². The summed E-state index contributed by atoms with van der Waals surface area (Å²) in [6.45, 7) is 0. The highest BCUT2D eigenvalue weighted by atomic mass is 16.5. The molecule has 1 aromatic rings. The molecule has 0 radical (unpaired) electrons. The van der Waals surface area contributed by atoms with Crippen LogP contribution in [0.3, 0.4) is 0 Å². The number of methoxy groups -OCH3 is 2. The van der Waals surface area contributed by atoms with Crippen molar-refractivity contribution in [3.63, 3.8) is 0 Å². The summed E-state index contributed by atoms with van der Waals surface area (Å²) in [7, 11) is 3.27. The smallest absolute Gasteiger partial charge is 0.160 e. The van der Waals surface area contributed by atoms with Gasteiger partial charge in [0.15, 0.2) is 11.5 Å². The zero-order valence-electron chi connectivity index (χ0n) is 9.60. The molecule has 1 aliphatic carbocycles. The largest absolute Gasteiger partial charge is 0.493 e. The topological polar surface area (TPSA) is 35.5 Å². The van der Waals surface area contributed by atoms with Crippen LogP contribution in [0.2, 0.25) is 0 Å². The number of aldehydes is 1. The third-order valence-electron chi connectivity index (χ3n) is 3.16. The summed E-state index contributed by atoms with van der Waals surface area (Å²) >= 11 is 0. The van der Waals surface area contributed by atoms with Crippen molar-refractivity contribution in [2.75, 3.05) is 14.2 Å². The van der Waals surface area contributed by atoms with E-state index in [4.69, 9.17) is 9.47 Å². The van der Waals surface area contributed by atoms with Gasteiger partial charge in [-0.25, -0.2) is 0 Å². The predicted molar refractivity (Wildman–Crippen MR) is 61.1 cm³/mol. The summed E-state index contributed by atoms with van der Waals surface area (Å²) in [5, 5.41) is 0. The van der Waals surface area contributed by atoms with E-state index in [2.05, 4.69) is 6.07 Å². The molecule has 2 rings (SSSR count). The van der Waals surface area contributed by atoms with Crippen molar-refractivity contribution >= 4 is 6.29 Å². The highest BCUT2D eigenvalue weighted by molar-refractivity contribution is 5.52. The maximum absolute atomic E-state index is 10.4. The van der Waals surface area contributed by atoms with E-state index >= 15 is 0 Å². The first-order valence-electron chi connectivity index (χ1n) is 5.45. The van der Waals surface area contributed by atoms with E-state index < -0.39 is 0 Å². The average molecular weight is 220 g/mol. The minimum Gasteiger partial charge on any atom is -0.493 e. The van der Waals surface area contributed by atoms with Gasteiger partial charge in [0.1, 0.15) is 6.29 Å². The van der Waals surface area contributed by atoms with Gasteiger partial charge in [-0.15, -0.1) is 0 Å². The number of rotatable bonds is 5. The molecular formula is C13H16O3. The summed E-state index contributed by atoms with van der Waals surface area (Å²) in [6.07, 6.45) is 2.78. The lowest BCUT2D eigenvalue weighted by Crippen LogP contribution is -1.92. The third kappa shape index (κ3) is 2.03. The number of hydrogen-bond donors (Lipinski definition) is 0. The highest BCUT2D eigenvalue weighted by Gasteiger charge is 2.37. The van der Waals surface area contributed by atoms with Crippen LogP contribution >= 0.6 is 0 Å². The molecule has 0 amide bonds. The van der Waals surface area contributed by atoms with Gasteiger partial charge in [0.2, 0.25) is 0 Å². The van der Waals surface area contributed by atoms with Crippen molar-refractivity contribution in [2.24, 2.45) is 5.92 Å². The number of carbonyl (C=O) groups is 1. The number of carbonyl (C=O) groups excluding carboxylic acids is 1. The van der Waals surface area contributed by atoms with Gasteiger partial charge in [0.25, 0.3) is 0 Å². The van der Waals surface area contributed by atoms with Crippen LogP contribution < -0.4 is 9.47 Å². The van der Waals surface area contributed by atoms with Gasteiger partial charge in [0, 0.05) is 6.42 Å². The molecule has 1 aromatic carbocycles. The fraction of sp³-hybridized carbons (Fsp3) is 0.462. The summed E-state index contributed by atoms with van der Waals surface area (Å²) in [5.74, 6) is 2.55. The number of hydrogen-bond acceptors (Lipinski definition) is 3. The summed E-state index contributed by atoms with van der Waals surface area (Å²) < 4.78 is 10.4. The molecule has 2 unspecified atom stereocenters. The first-order valence-corrected chi connectivity index (χ1v) is 5.45. The Morgan fingerprint density at radius 2 is 2.06 bits per heavy atom. The van der Waals surface area contributed by atoms with Crippen LogP contribution in [-0.2, 0) is 4.79 Å². The van der Waals surface area contributed by atoms with Gasteiger partial charge >= 0.3 is 0 Å². The van der Waals surface area contributed by atoms with Crippen LogP contribution in [0.15, 0.2) is 18.2 Å². The predicted octanol–water partition coefficient (Wildman–Crippen LogP) is 2.40. The minimum atomic E-state index is 0.519. The lowest BCUT2D eigenvalue weighted by molar-refractivity contribution is -0.108. The molecule has 2 atom stereocenters. The van der Waals surface area contributed by atoms with E-state index in [1.165, 1.54) is 5.56 Å². The summed E-state index contributed by atoms with van der Waals surface area (Å²) in [4.78, 5) is 10.4. The van der Waals surface area contributed by atoms with Gasteiger partial charge in [-0.1, -0.05) is 6.07 Å². The molecule has 1 fully saturated rings. The maximum Gasteiger partial charge on any atom is 0.160 e. The quantitative estimate of drug-likeness (QED) is 0.715. The molecular weight excluding hydrogens is 204 g/mol. The second-order valence-corrected chi connectivity index (χ2v) is 4.12. The van der Waals surface area contributed by atoms with Crippen molar-refractivity contribution in [1.82, 2.24) is 0 Å². The second-order valence-electron chi connectivity index (χ2n) is 4.12. The molecule has 0 bridgehead atoms.